The normalized spacial score (nSPS) is 11.1. The summed E-state index contributed by atoms with van der Waals surface area (Å²) in [5.41, 5.74) is 3.00. The Morgan fingerprint density at radius 1 is 0.889 bits per heavy atom. The average molecular weight is 382 g/mol. The van der Waals surface area contributed by atoms with E-state index in [2.05, 4.69) is 20.0 Å². The molecule has 7 heteroatoms. The van der Waals surface area contributed by atoms with Crippen LogP contribution in [0.5, 0.6) is 0 Å². The zero-order valence-electron chi connectivity index (χ0n) is 14.9. The molecule has 3 aromatic rings. The SMILES string of the molecule is O=S(=O)(CCCc1ccccc1)Nc1ccc(NCc2cccnc2)cn1. The van der Waals surface area contributed by atoms with Gasteiger partial charge in [0.05, 0.1) is 17.6 Å². The first-order valence-electron chi connectivity index (χ1n) is 8.74. The van der Waals surface area contributed by atoms with Crippen LogP contribution in [0.4, 0.5) is 11.5 Å². The van der Waals surface area contributed by atoms with E-state index in [0.717, 1.165) is 23.2 Å². The van der Waals surface area contributed by atoms with Crippen molar-refractivity contribution >= 4 is 21.5 Å². The van der Waals surface area contributed by atoms with Crippen molar-refractivity contribution < 1.29 is 8.42 Å². The Labute approximate surface area is 159 Å². The highest BCUT2D eigenvalue weighted by Gasteiger charge is 2.11. The van der Waals surface area contributed by atoms with E-state index in [1.807, 2.05) is 42.5 Å². The number of benzene rings is 1. The third-order valence-electron chi connectivity index (χ3n) is 3.96. The lowest BCUT2D eigenvalue weighted by molar-refractivity contribution is 0.598. The maximum atomic E-state index is 12.2. The van der Waals surface area contributed by atoms with E-state index >= 15 is 0 Å². The summed E-state index contributed by atoms with van der Waals surface area (Å²) in [5.74, 6) is 0.381. The van der Waals surface area contributed by atoms with Gasteiger partial charge in [-0.15, -0.1) is 0 Å². The first-order chi connectivity index (χ1) is 13.1. The topological polar surface area (TPSA) is 84.0 Å². The fourth-order valence-electron chi connectivity index (χ4n) is 2.59. The number of nitrogens with one attached hydrogen (secondary N) is 2. The molecule has 0 unspecified atom stereocenters. The molecule has 3 rings (SSSR count). The Bertz CT molecular complexity index is 931. The van der Waals surface area contributed by atoms with Crippen LogP contribution in [0.15, 0.2) is 73.2 Å². The van der Waals surface area contributed by atoms with Gasteiger partial charge < -0.3 is 5.32 Å². The lowest BCUT2D eigenvalue weighted by atomic mass is 10.1. The second kappa shape index (κ2) is 9.14. The van der Waals surface area contributed by atoms with Crippen LogP contribution in [-0.2, 0) is 23.0 Å². The summed E-state index contributed by atoms with van der Waals surface area (Å²) < 4.78 is 27.0. The van der Waals surface area contributed by atoms with Gasteiger partial charge in [0.2, 0.25) is 10.0 Å². The lowest BCUT2D eigenvalue weighted by Crippen LogP contribution is -2.18. The number of sulfonamides is 1. The number of aromatic nitrogens is 2. The van der Waals surface area contributed by atoms with Gasteiger partial charge in [0.1, 0.15) is 5.82 Å². The highest BCUT2D eigenvalue weighted by molar-refractivity contribution is 7.92. The molecule has 2 heterocycles. The minimum Gasteiger partial charge on any atom is -0.380 e. The monoisotopic (exact) mass is 382 g/mol. The van der Waals surface area contributed by atoms with Crippen molar-refractivity contribution in [2.45, 2.75) is 19.4 Å². The van der Waals surface area contributed by atoms with Gasteiger partial charge >= 0.3 is 0 Å². The first kappa shape index (κ1) is 18.8. The summed E-state index contributed by atoms with van der Waals surface area (Å²) in [4.78, 5) is 8.24. The maximum Gasteiger partial charge on any atom is 0.233 e. The van der Waals surface area contributed by atoms with Crippen molar-refractivity contribution in [3.63, 3.8) is 0 Å². The largest absolute Gasteiger partial charge is 0.380 e. The first-order valence-corrected chi connectivity index (χ1v) is 10.4. The van der Waals surface area contributed by atoms with E-state index in [4.69, 9.17) is 0 Å². The fraction of sp³-hybridized carbons (Fsp3) is 0.200. The number of nitrogens with zero attached hydrogens (tertiary/aromatic N) is 2. The van der Waals surface area contributed by atoms with Gasteiger partial charge in [-0.05, 0) is 42.2 Å². The lowest BCUT2D eigenvalue weighted by Gasteiger charge is -2.09. The summed E-state index contributed by atoms with van der Waals surface area (Å²) >= 11 is 0. The third kappa shape index (κ3) is 6.38. The molecule has 0 spiro atoms. The summed E-state index contributed by atoms with van der Waals surface area (Å²) in [6.07, 6.45) is 6.42. The van der Waals surface area contributed by atoms with Crippen molar-refractivity contribution in [2.24, 2.45) is 0 Å². The molecule has 0 amide bonds. The van der Waals surface area contributed by atoms with Crippen molar-refractivity contribution in [2.75, 3.05) is 15.8 Å². The van der Waals surface area contributed by atoms with E-state index in [-0.39, 0.29) is 5.75 Å². The van der Waals surface area contributed by atoms with Gasteiger partial charge in [-0.1, -0.05) is 36.4 Å². The number of aryl methyl sites for hydroxylation is 1. The van der Waals surface area contributed by atoms with Crippen LogP contribution < -0.4 is 10.0 Å². The van der Waals surface area contributed by atoms with Crippen LogP contribution in [0.3, 0.4) is 0 Å². The molecular formula is C20H22N4O2S. The zero-order chi connectivity index (χ0) is 19.0. The van der Waals surface area contributed by atoms with Crippen LogP contribution in [0.1, 0.15) is 17.5 Å². The second-order valence-corrected chi connectivity index (χ2v) is 8.00. The predicted molar refractivity (Wildman–Crippen MR) is 108 cm³/mol. The molecule has 0 fully saturated rings. The van der Waals surface area contributed by atoms with Gasteiger partial charge in [-0.3, -0.25) is 9.71 Å². The Morgan fingerprint density at radius 2 is 1.70 bits per heavy atom. The third-order valence-corrected chi connectivity index (χ3v) is 5.31. The van der Waals surface area contributed by atoms with E-state index in [1.165, 1.54) is 0 Å². The number of rotatable bonds is 9. The van der Waals surface area contributed by atoms with Gasteiger partial charge in [0, 0.05) is 18.9 Å². The Hall–Kier alpha value is -2.93. The van der Waals surface area contributed by atoms with Gasteiger partial charge in [0.15, 0.2) is 0 Å². The Morgan fingerprint density at radius 3 is 2.41 bits per heavy atom. The highest BCUT2D eigenvalue weighted by Crippen LogP contribution is 2.13. The van der Waals surface area contributed by atoms with Gasteiger partial charge in [0.25, 0.3) is 0 Å². The van der Waals surface area contributed by atoms with E-state index < -0.39 is 10.0 Å². The molecule has 140 valence electrons. The van der Waals surface area contributed by atoms with Crippen molar-refractivity contribution in [1.82, 2.24) is 9.97 Å². The van der Waals surface area contributed by atoms with Crippen LogP contribution >= 0.6 is 0 Å². The zero-order valence-corrected chi connectivity index (χ0v) is 15.7. The minimum atomic E-state index is -3.41. The molecule has 0 aliphatic heterocycles. The molecule has 0 saturated heterocycles. The molecule has 0 atom stereocenters. The van der Waals surface area contributed by atoms with Crippen molar-refractivity contribution in [3.8, 4) is 0 Å². The van der Waals surface area contributed by atoms with Crippen LogP contribution in [-0.4, -0.2) is 24.1 Å². The van der Waals surface area contributed by atoms with Crippen LogP contribution in [0, 0.1) is 0 Å². The highest BCUT2D eigenvalue weighted by atomic mass is 32.2. The molecular weight excluding hydrogens is 360 g/mol. The molecule has 0 saturated carbocycles. The van der Waals surface area contributed by atoms with E-state index in [1.54, 1.807) is 30.7 Å². The van der Waals surface area contributed by atoms with Gasteiger partial charge in [-0.25, -0.2) is 13.4 Å². The molecule has 2 N–H and O–H groups in total. The smallest absolute Gasteiger partial charge is 0.233 e. The van der Waals surface area contributed by atoms with Crippen LogP contribution in [0.25, 0.3) is 0 Å². The van der Waals surface area contributed by atoms with E-state index in [0.29, 0.717) is 18.8 Å². The van der Waals surface area contributed by atoms with Gasteiger partial charge in [-0.2, -0.15) is 0 Å². The summed E-state index contributed by atoms with van der Waals surface area (Å²) in [6, 6.07) is 17.2. The molecule has 0 aliphatic rings. The van der Waals surface area contributed by atoms with Crippen molar-refractivity contribution in [3.05, 3.63) is 84.3 Å². The van der Waals surface area contributed by atoms with Crippen LogP contribution in [0.2, 0.25) is 0 Å². The molecule has 0 aliphatic carbocycles. The number of anilines is 2. The second-order valence-electron chi connectivity index (χ2n) is 6.16. The molecule has 1 aromatic carbocycles. The molecule has 0 bridgehead atoms. The predicted octanol–water partition coefficient (Wildman–Crippen LogP) is 3.46. The number of hydrogen-bond acceptors (Lipinski definition) is 5. The Kier molecular flexibility index (Phi) is 6.38. The van der Waals surface area contributed by atoms with E-state index in [9.17, 15) is 8.42 Å². The summed E-state index contributed by atoms with van der Waals surface area (Å²) in [6.45, 7) is 0.625. The number of pyridine rings is 2. The molecule has 0 radical (unpaired) electrons. The molecule has 2 aromatic heterocycles. The average Bonchev–Trinajstić information content (AvgIpc) is 2.69. The van der Waals surface area contributed by atoms with Crippen molar-refractivity contribution in [1.29, 1.82) is 0 Å². The quantitative estimate of drug-likeness (QED) is 0.592. The molecule has 27 heavy (non-hydrogen) atoms. The summed E-state index contributed by atoms with van der Waals surface area (Å²) in [7, 11) is -3.41. The Balaban J connectivity index is 1.47. The minimum absolute atomic E-state index is 0.0601. The summed E-state index contributed by atoms with van der Waals surface area (Å²) in [5, 5.41) is 3.22. The number of hydrogen-bond donors (Lipinski definition) is 2. The maximum absolute atomic E-state index is 12.2. The standard InChI is InChI=1S/C20H22N4O2S/c25-27(26,13-5-9-17-6-2-1-3-7-17)24-20-11-10-19(16-23-20)22-15-18-8-4-12-21-14-18/h1-4,6-8,10-12,14,16,22H,5,9,13,15H2,(H,23,24). The molecule has 6 nitrogen and oxygen atoms in total. The fourth-order valence-corrected chi connectivity index (χ4v) is 3.65.